The summed E-state index contributed by atoms with van der Waals surface area (Å²) in [7, 11) is 0. The molecule has 0 atom stereocenters. The maximum Gasteiger partial charge on any atom is 0.220 e. The van der Waals surface area contributed by atoms with Crippen LogP contribution in [0.3, 0.4) is 0 Å². The molecular formula is C21H44N2O2. The van der Waals surface area contributed by atoms with Gasteiger partial charge >= 0.3 is 0 Å². The lowest BCUT2D eigenvalue weighted by atomic mass is 9.95. The minimum absolute atomic E-state index is 0.111. The van der Waals surface area contributed by atoms with Crippen LogP contribution in [0.25, 0.3) is 0 Å². The Morgan fingerprint density at radius 2 is 1.28 bits per heavy atom. The Balaban J connectivity index is 3.29. The SMILES string of the molecule is CCCCCCCCCCCCCCCC(=O)NCC(C)(C)CON. The second-order valence-corrected chi connectivity index (χ2v) is 8.24. The minimum atomic E-state index is -0.111. The zero-order chi connectivity index (χ0) is 18.8. The predicted octanol–water partition coefficient (Wildman–Crippen LogP) is 5.50. The Morgan fingerprint density at radius 1 is 0.840 bits per heavy atom. The molecule has 0 saturated carbocycles. The molecule has 0 aliphatic heterocycles. The molecule has 0 unspecified atom stereocenters. The van der Waals surface area contributed by atoms with Gasteiger partial charge in [-0.1, -0.05) is 97.8 Å². The van der Waals surface area contributed by atoms with E-state index in [1.807, 2.05) is 13.8 Å². The van der Waals surface area contributed by atoms with E-state index in [0.717, 1.165) is 6.42 Å². The van der Waals surface area contributed by atoms with Crippen molar-refractivity contribution in [3.8, 4) is 0 Å². The third kappa shape index (κ3) is 18.0. The van der Waals surface area contributed by atoms with E-state index in [4.69, 9.17) is 5.90 Å². The van der Waals surface area contributed by atoms with Gasteiger partial charge < -0.3 is 10.2 Å². The van der Waals surface area contributed by atoms with E-state index in [1.54, 1.807) is 0 Å². The Bertz CT molecular complexity index is 306. The molecule has 0 heterocycles. The van der Waals surface area contributed by atoms with Crippen molar-refractivity contribution in [2.24, 2.45) is 11.3 Å². The highest BCUT2D eigenvalue weighted by Gasteiger charge is 2.18. The molecule has 3 N–H and O–H groups in total. The molecule has 0 rings (SSSR count). The molecule has 0 aromatic rings. The summed E-state index contributed by atoms with van der Waals surface area (Å²) < 4.78 is 0. The third-order valence-corrected chi connectivity index (χ3v) is 4.75. The van der Waals surface area contributed by atoms with E-state index in [2.05, 4.69) is 17.1 Å². The number of hydrogen-bond acceptors (Lipinski definition) is 3. The fourth-order valence-electron chi connectivity index (χ4n) is 3.01. The van der Waals surface area contributed by atoms with Crippen molar-refractivity contribution in [2.45, 2.75) is 111 Å². The summed E-state index contributed by atoms with van der Waals surface area (Å²) in [6.07, 6.45) is 17.9. The molecule has 0 saturated heterocycles. The summed E-state index contributed by atoms with van der Waals surface area (Å²) in [6.45, 7) is 7.40. The first-order valence-electron chi connectivity index (χ1n) is 10.6. The van der Waals surface area contributed by atoms with Crippen molar-refractivity contribution in [1.29, 1.82) is 0 Å². The average molecular weight is 357 g/mol. The van der Waals surface area contributed by atoms with Gasteiger partial charge in [0.25, 0.3) is 0 Å². The summed E-state index contributed by atoms with van der Waals surface area (Å²) in [5.41, 5.74) is -0.111. The third-order valence-electron chi connectivity index (χ3n) is 4.75. The van der Waals surface area contributed by atoms with Crippen LogP contribution in [0.5, 0.6) is 0 Å². The fraction of sp³-hybridized carbons (Fsp3) is 0.952. The van der Waals surface area contributed by atoms with Crippen LogP contribution >= 0.6 is 0 Å². The number of rotatable bonds is 18. The number of hydrogen-bond donors (Lipinski definition) is 2. The number of nitrogens with two attached hydrogens (primary N) is 1. The molecule has 0 bridgehead atoms. The van der Waals surface area contributed by atoms with Crippen molar-refractivity contribution < 1.29 is 9.63 Å². The molecule has 1 amide bonds. The number of amides is 1. The van der Waals surface area contributed by atoms with Crippen molar-refractivity contribution in [3.63, 3.8) is 0 Å². The zero-order valence-electron chi connectivity index (χ0n) is 17.2. The molecule has 0 aliphatic rings. The molecule has 0 fully saturated rings. The first-order valence-corrected chi connectivity index (χ1v) is 10.6. The monoisotopic (exact) mass is 356 g/mol. The smallest absolute Gasteiger partial charge is 0.220 e. The van der Waals surface area contributed by atoms with Gasteiger partial charge in [-0.25, -0.2) is 5.90 Å². The molecule has 0 spiro atoms. The number of unbranched alkanes of at least 4 members (excludes halogenated alkanes) is 12. The van der Waals surface area contributed by atoms with Gasteiger partial charge in [-0.05, 0) is 6.42 Å². The van der Waals surface area contributed by atoms with Crippen molar-refractivity contribution >= 4 is 5.91 Å². The van der Waals surface area contributed by atoms with Crippen LogP contribution < -0.4 is 11.2 Å². The highest BCUT2D eigenvalue weighted by Crippen LogP contribution is 2.14. The van der Waals surface area contributed by atoms with Crippen LogP contribution in [0.2, 0.25) is 0 Å². The van der Waals surface area contributed by atoms with Gasteiger partial charge in [0.1, 0.15) is 0 Å². The van der Waals surface area contributed by atoms with Gasteiger partial charge in [-0.15, -0.1) is 0 Å². The van der Waals surface area contributed by atoms with Gasteiger partial charge in [0, 0.05) is 18.4 Å². The van der Waals surface area contributed by atoms with E-state index in [1.165, 1.54) is 77.0 Å². The largest absolute Gasteiger partial charge is 0.355 e. The maximum atomic E-state index is 11.8. The predicted molar refractivity (Wildman–Crippen MR) is 107 cm³/mol. The van der Waals surface area contributed by atoms with Crippen LogP contribution in [0, 0.1) is 5.41 Å². The maximum absolute atomic E-state index is 11.8. The second kappa shape index (κ2) is 16.8. The van der Waals surface area contributed by atoms with E-state index in [9.17, 15) is 4.79 Å². The molecule has 0 aromatic carbocycles. The van der Waals surface area contributed by atoms with Crippen LogP contribution in [-0.4, -0.2) is 19.1 Å². The fourth-order valence-corrected chi connectivity index (χ4v) is 3.01. The highest BCUT2D eigenvalue weighted by atomic mass is 16.6. The molecular weight excluding hydrogens is 312 g/mol. The van der Waals surface area contributed by atoms with Gasteiger partial charge in [0.05, 0.1) is 6.61 Å². The average Bonchev–Trinajstić information content (AvgIpc) is 2.57. The van der Waals surface area contributed by atoms with Crippen LogP contribution in [0.4, 0.5) is 0 Å². The zero-order valence-corrected chi connectivity index (χ0v) is 17.2. The molecule has 4 nitrogen and oxygen atoms in total. The van der Waals surface area contributed by atoms with E-state index in [-0.39, 0.29) is 11.3 Å². The van der Waals surface area contributed by atoms with Crippen LogP contribution in [0.15, 0.2) is 0 Å². The van der Waals surface area contributed by atoms with Crippen molar-refractivity contribution in [2.75, 3.05) is 13.2 Å². The Labute approximate surface area is 156 Å². The standard InChI is InChI=1S/C21H44N2O2/c1-4-5-6-7-8-9-10-11-12-13-14-15-16-17-20(24)23-18-21(2,3)19-25-22/h4-19,22H2,1-3H3,(H,23,24). The van der Waals surface area contributed by atoms with Gasteiger partial charge in [0.15, 0.2) is 0 Å². The lowest BCUT2D eigenvalue weighted by molar-refractivity contribution is -0.121. The van der Waals surface area contributed by atoms with Crippen LogP contribution in [-0.2, 0) is 9.63 Å². The Kier molecular flexibility index (Phi) is 16.4. The summed E-state index contributed by atoms with van der Waals surface area (Å²) in [4.78, 5) is 16.5. The number of carbonyl (C=O) groups excluding carboxylic acids is 1. The lowest BCUT2D eigenvalue weighted by Gasteiger charge is -2.23. The first kappa shape index (κ1) is 24.4. The molecule has 4 heteroatoms. The van der Waals surface area contributed by atoms with Gasteiger partial charge in [-0.2, -0.15) is 0 Å². The molecule has 0 aromatic heterocycles. The molecule has 150 valence electrons. The van der Waals surface area contributed by atoms with Crippen molar-refractivity contribution in [1.82, 2.24) is 5.32 Å². The normalized spacial score (nSPS) is 11.7. The van der Waals surface area contributed by atoms with E-state index in [0.29, 0.717) is 19.6 Å². The topological polar surface area (TPSA) is 64.3 Å². The van der Waals surface area contributed by atoms with Crippen LogP contribution in [0.1, 0.15) is 111 Å². The van der Waals surface area contributed by atoms with E-state index < -0.39 is 0 Å². The number of nitrogens with one attached hydrogen (secondary N) is 1. The lowest BCUT2D eigenvalue weighted by Crippen LogP contribution is -2.37. The minimum Gasteiger partial charge on any atom is -0.355 e. The summed E-state index contributed by atoms with van der Waals surface area (Å²) in [6, 6.07) is 0. The quantitative estimate of drug-likeness (QED) is 0.252. The Hall–Kier alpha value is -0.610. The van der Waals surface area contributed by atoms with Gasteiger partial charge in [-0.3, -0.25) is 4.79 Å². The first-order chi connectivity index (χ1) is 12.0. The highest BCUT2D eigenvalue weighted by molar-refractivity contribution is 5.75. The molecule has 0 radical (unpaired) electrons. The van der Waals surface area contributed by atoms with Crippen molar-refractivity contribution in [3.05, 3.63) is 0 Å². The summed E-state index contributed by atoms with van der Waals surface area (Å²) >= 11 is 0. The summed E-state index contributed by atoms with van der Waals surface area (Å²) in [5, 5.41) is 2.98. The molecule has 0 aliphatic carbocycles. The number of carbonyl (C=O) groups is 1. The van der Waals surface area contributed by atoms with E-state index >= 15 is 0 Å². The summed E-state index contributed by atoms with van der Waals surface area (Å²) in [5.74, 6) is 5.24. The Morgan fingerprint density at radius 3 is 1.72 bits per heavy atom. The van der Waals surface area contributed by atoms with Gasteiger partial charge in [0.2, 0.25) is 5.91 Å². The second-order valence-electron chi connectivity index (χ2n) is 8.24. The molecule has 25 heavy (non-hydrogen) atoms.